The van der Waals surface area contributed by atoms with Gasteiger partial charge in [0.25, 0.3) is 0 Å². The summed E-state index contributed by atoms with van der Waals surface area (Å²) in [7, 11) is 1.56. The van der Waals surface area contributed by atoms with Crippen molar-refractivity contribution in [2.45, 2.75) is 13.0 Å². The molecule has 1 aromatic heterocycles. The van der Waals surface area contributed by atoms with Gasteiger partial charge in [-0.3, -0.25) is 0 Å². The molecule has 0 radical (unpaired) electrons. The Kier molecular flexibility index (Phi) is 4.38. The van der Waals surface area contributed by atoms with Gasteiger partial charge in [-0.2, -0.15) is 10.1 Å². The molecule has 1 aliphatic heterocycles. The molecule has 0 saturated carbocycles. The molecule has 2 heterocycles. The first kappa shape index (κ1) is 15.2. The van der Waals surface area contributed by atoms with Gasteiger partial charge in [0.1, 0.15) is 19.0 Å². The summed E-state index contributed by atoms with van der Waals surface area (Å²) in [5.41, 5.74) is 2.17. The number of hydrogen-bond donors (Lipinski definition) is 1. The van der Waals surface area contributed by atoms with E-state index in [2.05, 4.69) is 15.4 Å². The van der Waals surface area contributed by atoms with E-state index >= 15 is 0 Å². The zero-order valence-corrected chi connectivity index (χ0v) is 13.0. The van der Waals surface area contributed by atoms with Crippen molar-refractivity contribution in [2.75, 3.05) is 25.6 Å². The van der Waals surface area contributed by atoms with Crippen molar-refractivity contribution in [1.29, 1.82) is 0 Å². The Balaban J connectivity index is 1.99. The molecule has 7 nitrogen and oxygen atoms in total. The first-order chi connectivity index (χ1) is 11.2. The summed E-state index contributed by atoms with van der Waals surface area (Å²) in [5.74, 6) is 0.215. The molecule has 1 N–H and O–H groups in total. The van der Waals surface area contributed by atoms with Crippen LogP contribution in [0.15, 0.2) is 47.9 Å². The summed E-state index contributed by atoms with van der Waals surface area (Å²) in [5, 5.41) is 7.35. The van der Waals surface area contributed by atoms with Gasteiger partial charge in [-0.25, -0.2) is 9.48 Å². The van der Waals surface area contributed by atoms with Crippen LogP contribution < -0.4 is 5.32 Å². The lowest BCUT2D eigenvalue weighted by molar-refractivity contribution is -0.140. The van der Waals surface area contributed by atoms with Crippen molar-refractivity contribution in [3.05, 3.63) is 53.5 Å². The van der Waals surface area contributed by atoms with Gasteiger partial charge in [0, 0.05) is 12.8 Å². The minimum Gasteiger partial charge on any atom is -0.460 e. The summed E-state index contributed by atoms with van der Waals surface area (Å²) in [4.78, 5) is 16.7. The first-order valence-electron chi connectivity index (χ1n) is 7.30. The number of fused-ring (bicyclic) bond motifs is 1. The lowest BCUT2D eigenvalue weighted by Gasteiger charge is -2.28. The van der Waals surface area contributed by atoms with E-state index in [1.165, 1.54) is 6.33 Å². The molecule has 0 spiro atoms. The maximum Gasteiger partial charge on any atom is 0.338 e. The second kappa shape index (κ2) is 6.62. The molecule has 7 heteroatoms. The highest BCUT2D eigenvalue weighted by molar-refractivity contribution is 5.92. The topological polar surface area (TPSA) is 78.3 Å². The average molecular weight is 314 g/mol. The van der Waals surface area contributed by atoms with Crippen LogP contribution in [0.3, 0.4) is 0 Å². The molecule has 0 bridgehead atoms. The fourth-order valence-electron chi connectivity index (χ4n) is 2.59. The molecule has 1 aliphatic rings. The third kappa shape index (κ3) is 2.95. The predicted molar refractivity (Wildman–Crippen MR) is 83.8 cm³/mol. The Labute approximate surface area is 133 Å². The Morgan fingerprint density at radius 3 is 2.83 bits per heavy atom. The molecule has 0 fully saturated rings. The monoisotopic (exact) mass is 314 g/mol. The normalized spacial score (nSPS) is 16.7. The molecule has 3 rings (SSSR count). The van der Waals surface area contributed by atoms with Gasteiger partial charge in [0.15, 0.2) is 0 Å². The van der Waals surface area contributed by atoms with E-state index in [4.69, 9.17) is 9.47 Å². The number of rotatable bonds is 5. The van der Waals surface area contributed by atoms with Gasteiger partial charge in [-0.15, -0.1) is 0 Å². The number of ether oxygens (including phenoxy) is 2. The van der Waals surface area contributed by atoms with E-state index in [1.54, 1.807) is 11.8 Å². The van der Waals surface area contributed by atoms with Crippen LogP contribution in [0.25, 0.3) is 0 Å². The molecule has 120 valence electrons. The van der Waals surface area contributed by atoms with Gasteiger partial charge in [-0.05, 0) is 12.5 Å². The molecule has 2 aromatic rings. The fourth-order valence-corrected chi connectivity index (χ4v) is 2.59. The number of benzene rings is 1. The van der Waals surface area contributed by atoms with Gasteiger partial charge < -0.3 is 14.8 Å². The third-order valence-electron chi connectivity index (χ3n) is 3.65. The number of nitrogens with zero attached hydrogens (tertiary/aromatic N) is 3. The number of anilines is 1. The van der Waals surface area contributed by atoms with Crippen LogP contribution in [0, 0.1) is 0 Å². The van der Waals surface area contributed by atoms with Crippen LogP contribution >= 0.6 is 0 Å². The Morgan fingerprint density at radius 2 is 2.09 bits per heavy atom. The Hall–Kier alpha value is -2.67. The summed E-state index contributed by atoms with van der Waals surface area (Å²) >= 11 is 0. The predicted octanol–water partition coefficient (Wildman–Crippen LogP) is 1.76. The van der Waals surface area contributed by atoms with E-state index in [0.29, 0.717) is 23.8 Å². The zero-order chi connectivity index (χ0) is 16.2. The third-order valence-corrected chi connectivity index (χ3v) is 3.65. The molecule has 23 heavy (non-hydrogen) atoms. The minimum atomic E-state index is -0.387. The summed E-state index contributed by atoms with van der Waals surface area (Å²) < 4.78 is 11.9. The van der Waals surface area contributed by atoms with Crippen molar-refractivity contribution in [3.63, 3.8) is 0 Å². The van der Waals surface area contributed by atoms with Crippen molar-refractivity contribution < 1.29 is 14.3 Å². The summed E-state index contributed by atoms with van der Waals surface area (Å²) in [6, 6.07) is 9.33. The maximum atomic E-state index is 12.6. The number of carbonyl (C=O) groups is 1. The number of nitrogens with one attached hydrogen (secondary N) is 1. The summed E-state index contributed by atoms with van der Waals surface area (Å²) in [6.45, 7) is 2.40. The molecule has 0 aliphatic carbocycles. The molecule has 0 saturated heterocycles. The standard InChI is InChI=1S/C16H18N4O3/c1-11-13(15(21)23-9-8-22-2)14(12-6-4-3-5-7-12)20-16(19-11)17-10-18-20/h3-7,10,14H,8-9H2,1-2H3,(H,17,18,19)/t14-/m0/s1. The Bertz CT molecular complexity index is 724. The van der Waals surface area contributed by atoms with Crippen molar-refractivity contribution in [2.24, 2.45) is 0 Å². The largest absolute Gasteiger partial charge is 0.460 e. The van der Waals surface area contributed by atoms with Crippen LogP contribution in [0.2, 0.25) is 0 Å². The second-order valence-corrected chi connectivity index (χ2v) is 5.13. The van der Waals surface area contributed by atoms with Crippen molar-refractivity contribution in [3.8, 4) is 0 Å². The van der Waals surface area contributed by atoms with E-state index < -0.39 is 0 Å². The van der Waals surface area contributed by atoms with E-state index in [0.717, 1.165) is 5.56 Å². The highest BCUT2D eigenvalue weighted by Gasteiger charge is 2.34. The average Bonchev–Trinajstić information content (AvgIpc) is 3.02. The van der Waals surface area contributed by atoms with Crippen LogP contribution in [-0.2, 0) is 14.3 Å². The quantitative estimate of drug-likeness (QED) is 0.669. The number of hydrogen-bond acceptors (Lipinski definition) is 6. The van der Waals surface area contributed by atoms with Gasteiger partial charge in [0.05, 0.1) is 12.2 Å². The SMILES string of the molecule is COCCOC(=O)C1=C(C)Nc2ncnn2[C@H]1c1ccccc1. The van der Waals surface area contributed by atoms with Crippen LogP contribution in [0.1, 0.15) is 18.5 Å². The first-order valence-corrected chi connectivity index (χ1v) is 7.30. The molecular formula is C16H18N4O3. The highest BCUT2D eigenvalue weighted by Crippen LogP contribution is 2.34. The lowest BCUT2D eigenvalue weighted by atomic mass is 9.96. The molecule has 1 aromatic carbocycles. The van der Waals surface area contributed by atoms with Crippen LogP contribution in [-0.4, -0.2) is 41.1 Å². The number of aromatic nitrogens is 3. The number of esters is 1. The van der Waals surface area contributed by atoms with Gasteiger partial charge in [-0.1, -0.05) is 30.3 Å². The number of carbonyl (C=O) groups excluding carboxylic acids is 1. The van der Waals surface area contributed by atoms with Crippen molar-refractivity contribution in [1.82, 2.24) is 14.8 Å². The number of methoxy groups -OCH3 is 1. The Morgan fingerprint density at radius 1 is 1.30 bits per heavy atom. The molecule has 0 amide bonds. The van der Waals surface area contributed by atoms with E-state index in [-0.39, 0.29) is 18.6 Å². The zero-order valence-electron chi connectivity index (χ0n) is 13.0. The highest BCUT2D eigenvalue weighted by atomic mass is 16.6. The molecule has 1 atom stereocenters. The van der Waals surface area contributed by atoms with E-state index in [1.807, 2.05) is 37.3 Å². The lowest BCUT2D eigenvalue weighted by Crippen LogP contribution is -2.30. The molecule has 0 unspecified atom stereocenters. The van der Waals surface area contributed by atoms with Crippen LogP contribution in [0.4, 0.5) is 5.95 Å². The van der Waals surface area contributed by atoms with Crippen LogP contribution in [0.5, 0.6) is 0 Å². The van der Waals surface area contributed by atoms with Crippen molar-refractivity contribution >= 4 is 11.9 Å². The van der Waals surface area contributed by atoms with Gasteiger partial charge >= 0.3 is 5.97 Å². The minimum absolute atomic E-state index is 0.206. The molecular weight excluding hydrogens is 296 g/mol. The smallest absolute Gasteiger partial charge is 0.338 e. The second-order valence-electron chi connectivity index (χ2n) is 5.13. The maximum absolute atomic E-state index is 12.6. The fraction of sp³-hybridized carbons (Fsp3) is 0.312. The van der Waals surface area contributed by atoms with Gasteiger partial charge in [0.2, 0.25) is 5.95 Å². The number of allylic oxidation sites excluding steroid dienone is 1. The summed E-state index contributed by atoms with van der Waals surface area (Å²) in [6.07, 6.45) is 1.46. The van der Waals surface area contributed by atoms with E-state index in [9.17, 15) is 4.79 Å².